The van der Waals surface area contributed by atoms with Crippen LogP contribution in [0.5, 0.6) is 0 Å². The number of hydrogen-bond donors (Lipinski definition) is 13. The van der Waals surface area contributed by atoms with E-state index < -0.39 is 0 Å². The molecule has 16 rings (SSSR count). The van der Waals surface area contributed by atoms with E-state index in [1.54, 1.807) is 92.2 Å². The lowest BCUT2D eigenvalue weighted by Gasteiger charge is -1.98. The van der Waals surface area contributed by atoms with Gasteiger partial charge in [0.25, 0.3) is 0 Å². The van der Waals surface area contributed by atoms with E-state index in [9.17, 15) is 0 Å². The minimum absolute atomic E-state index is 0.408. The molecule has 0 fully saturated rings. The van der Waals surface area contributed by atoms with Gasteiger partial charge in [0.1, 0.15) is 61.4 Å². The number of aryl methyl sites for hydroxylation is 1. The summed E-state index contributed by atoms with van der Waals surface area (Å²) in [5.74, 6) is 6.97. The van der Waals surface area contributed by atoms with Crippen molar-refractivity contribution in [3.05, 3.63) is 179 Å². The SMILES string of the molecule is Cc1cnc(-c2ncn[nH]2)cn1.OOOSc1ccc(-c2ncn[nH]2)nc1.OOOSc1ccc(-c2nn[nH]n2)nc1.OOOSc1cnc(-c2ncn[nH]2)nc1.c1c[nH]c(-c2ncn[nH]2)n1.c1cnc(-c2ccc[nH]2)nc1.c1cnc(-c2ncn[nH]2)nc1.c1n[nH]c(-c2ncn[nH]2)n1. The van der Waals surface area contributed by atoms with Crippen LogP contribution in [-0.4, -0.2) is 207 Å². The molecular weight excluding hydrogens is 1360 g/mol. The summed E-state index contributed by atoms with van der Waals surface area (Å²) in [6, 6.07) is 14.3. The second-order valence-corrected chi connectivity index (χ2v) is 19.3. The highest BCUT2D eigenvalue weighted by Crippen LogP contribution is 2.22. The Bertz CT molecular complexity index is 4140. The van der Waals surface area contributed by atoms with E-state index >= 15 is 0 Å². The molecule has 13 N–H and O–H groups in total. The Kier molecular flexibility index (Phi) is 28.5. The van der Waals surface area contributed by atoms with Gasteiger partial charge in [-0.05, 0) is 60.7 Å². The molecule has 0 bridgehead atoms. The van der Waals surface area contributed by atoms with E-state index in [-0.39, 0.29) is 0 Å². The van der Waals surface area contributed by atoms with Crippen molar-refractivity contribution in [3.8, 4) is 92.7 Å². The first-order chi connectivity index (χ1) is 48.9. The Morgan fingerprint density at radius 1 is 0.333 bits per heavy atom. The molecule has 50 heteroatoms. The van der Waals surface area contributed by atoms with Gasteiger partial charge in [-0.3, -0.25) is 50.6 Å². The fourth-order valence-corrected chi connectivity index (χ4v) is 7.49. The van der Waals surface area contributed by atoms with Gasteiger partial charge >= 0.3 is 0 Å². The number of nitrogens with zero attached hydrogens (tertiary/aromatic N) is 28. The number of hydrogen-bond acceptors (Lipinski definition) is 40. The van der Waals surface area contributed by atoms with Crippen molar-refractivity contribution >= 4 is 36.1 Å². The molecule has 0 amide bonds. The molecule has 0 aliphatic rings. The van der Waals surface area contributed by atoms with Gasteiger partial charge in [-0.2, -0.15) is 40.9 Å². The summed E-state index contributed by atoms with van der Waals surface area (Å²) in [5.41, 5.74) is 3.79. The molecule has 0 atom stereocenters. The molecule has 0 aliphatic carbocycles. The van der Waals surface area contributed by atoms with Crippen LogP contribution in [0.3, 0.4) is 0 Å². The van der Waals surface area contributed by atoms with Gasteiger partial charge in [0.15, 0.2) is 64.1 Å². The second kappa shape index (κ2) is 40.2. The molecular formula is C49H44N38O9S3. The molecule has 16 heterocycles. The highest BCUT2D eigenvalue weighted by molar-refractivity contribution is 7.95. The van der Waals surface area contributed by atoms with Crippen molar-refractivity contribution in [1.29, 1.82) is 0 Å². The third kappa shape index (κ3) is 23.7. The predicted molar refractivity (Wildman–Crippen MR) is 333 cm³/mol. The van der Waals surface area contributed by atoms with E-state index in [1.165, 1.54) is 62.9 Å². The maximum absolute atomic E-state index is 7.95. The largest absolute Gasteiger partial charge is 0.359 e. The molecule has 0 unspecified atom stereocenters. The summed E-state index contributed by atoms with van der Waals surface area (Å²) in [6.07, 6.45) is 31.3. The number of imidazole rings is 1. The number of aromatic amines is 10. The molecule has 47 nitrogen and oxygen atoms in total. The Balaban J connectivity index is 0.000000133. The predicted octanol–water partition coefficient (Wildman–Crippen LogP) is 4.76. The summed E-state index contributed by atoms with van der Waals surface area (Å²) in [5, 5.41) is 91.8. The highest BCUT2D eigenvalue weighted by atomic mass is 32.2. The van der Waals surface area contributed by atoms with Gasteiger partial charge in [-0.1, -0.05) is 15.1 Å². The monoisotopic (exact) mass is 1400 g/mol. The first-order valence-electron chi connectivity index (χ1n) is 26.8. The lowest BCUT2D eigenvalue weighted by Crippen LogP contribution is -1.91. The van der Waals surface area contributed by atoms with E-state index in [0.717, 1.165) is 53.3 Å². The van der Waals surface area contributed by atoms with Gasteiger partial charge in [0.2, 0.25) is 5.82 Å². The van der Waals surface area contributed by atoms with Crippen LogP contribution in [0, 0.1) is 6.92 Å². The van der Waals surface area contributed by atoms with Gasteiger partial charge in [-0.15, -0.1) is 23.2 Å². The summed E-state index contributed by atoms with van der Waals surface area (Å²) in [6.45, 7) is 1.89. The van der Waals surface area contributed by atoms with E-state index in [0.29, 0.717) is 95.8 Å². The third-order valence-electron chi connectivity index (χ3n) is 10.7. The number of H-pyrrole nitrogens is 10. The minimum Gasteiger partial charge on any atom is -0.359 e. The molecule has 0 spiro atoms. The van der Waals surface area contributed by atoms with Crippen LogP contribution in [-0.2, 0) is 28.1 Å². The molecule has 0 saturated heterocycles. The topological polar surface area (TPSA) is 635 Å². The number of rotatable bonds is 17. The molecule has 502 valence electrons. The number of nitrogens with one attached hydrogen (secondary N) is 10. The summed E-state index contributed by atoms with van der Waals surface area (Å²) in [4.78, 5) is 79.6. The van der Waals surface area contributed by atoms with Crippen molar-refractivity contribution in [1.82, 2.24) is 192 Å². The molecule has 16 aromatic rings. The number of pyridine rings is 2. The van der Waals surface area contributed by atoms with Crippen molar-refractivity contribution in [3.63, 3.8) is 0 Å². The normalized spacial score (nSPS) is 10.2. The average molecular weight is 1410 g/mol. The lowest BCUT2D eigenvalue weighted by molar-refractivity contribution is -0.432. The van der Waals surface area contributed by atoms with E-state index in [2.05, 4.69) is 220 Å². The van der Waals surface area contributed by atoms with Crippen LogP contribution in [0.25, 0.3) is 92.7 Å². The first-order valence-corrected chi connectivity index (χ1v) is 29.0. The fourth-order valence-electron chi connectivity index (χ4n) is 6.53. The zero-order valence-electron chi connectivity index (χ0n) is 49.7. The number of aromatic nitrogens is 38. The summed E-state index contributed by atoms with van der Waals surface area (Å²) >= 11 is 2.46. The lowest BCUT2D eigenvalue weighted by atomic mass is 10.3. The standard InChI is InChI=1S/C8H7N3.C7H7N5.C7H6N4O3S.2C6H5N5O3S.C6H5N5.C5H5N5.C4H4N6/c1-3-7(9-4-1)8-10-5-2-6-11-8;1-5-2-9-6(3-8-5)7-10-4-11-12-7;12-13-14-15-5-1-2-6(8-3-5)7-9-4-10-11-7;12-13-14-15-4-1-7-5(8-2-4)6-9-3-10-11-6;12-13-14-15-4-1-2-5(7-3-4)6-8-10-11-9-6;1-2-7-5(8-3-1)6-9-4-10-11-6;1-2-7-4(6-1)5-8-3-9-10-5;1-5-3(9-7-1)4-6-2-8-10-4/h1-6,9H;2-4H,1H3,(H,10,11,12);1-4,12H,(H,9,10,11);1-3,12H,(H,9,10,11);1-3,12H,(H,8,9,10,11);1-4H,(H,9,10,11);1-3H,(H,6,7)(H,8,9,10);1-2H,(H,5,7,9)(H,6,8,10). The first kappa shape index (κ1) is 70.2. The van der Waals surface area contributed by atoms with Gasteiger partial charge in [0.05, 0.1) is 68.4 Å². The Labute approximate surface area is 562 Å². The van der Waals surface area contributed by atoms with Gasteiger partial charge in [-0.25, -0.2) is 90.5 Å². The smallest absolute Gasteiger partial charge is 0.222 e. The van der Waals surface area contributed by atoms with Gasteiger partial charge < -0.3 is 9.97 Å². The fraction of sp³-hybridized carbons (Fsp3) is 0.0204. The maximum atomic E-state index is 7.95. The van der Waals surface area contributed by atoms with E-state index in [4.69, 9.17) is 15.8 Å². The zero-order chi connectivity index (χ0) is 68.6. The van der Waals surface area contributed by atoms with Crippen LogP contribution in [0.15, 0.2) is 188 Å². The van der Waals surface area contributed by atoms with Crippen molar-refractivity contribution < 1.29 is 43.9 Å². The Morgan fingerprint density at radius 3 is 1.19 bits per heavy atom. The quantitative estimate of drug-likeness (QED) is 0.0332. The molecule has 0 saturated carbocycles. The number of tetrazole rings is 1. The molecule has 99 heavy (non-hydrogen) atoms. The Morgan fingerprint density at radius 2 is 0.778 bits per heavy atom. The molecule has 0 aromatic carbocycles. The van der Waals surface area contributed by atoms with Crippen LogP contribution in [0.2, 0.25) is 0 Å². The van der Waals surface area contributed by atoms with E-state index in [1.807, 2.05) is 25.3 Å². The highest BCUT2D eigenvalue weighted by Gasteiger charge is 2.09. The Hall–Kier alpha value is -13.2. The maximum Gasteiger partial charge on any atom is 0.222 e. The molecule has 0 radical (unpaired) electrons. The van der Waals surface area contributed by atoms with Crippen molar-refractivity contribution in [2.45, 2.75) is 21.6 Å². The summed E-state index contributed by atoms with van der Waals surface area (Å²) in [7, 11) is 0. The molecule has 16 aromatic heterocycles. The van der Waals surface area contributed by atoms with Crippen molar-refractivity contribution in [2.24, 2.45) is 0 Å². The van der Waals surface area contributed by atoms with Crippen molar-refractivity contribution in [2.75, 3.05) is 0 Å². The van der Waals surface area contributed by atoms with Gasteiger partial charge in [0, 0.05) is 74.4 Å². The van der Waals surface area contributed by atoms with Crippen LogP contribution < -0.4 is 0 Å². The zero-order valence-corrected chi connectivity index (χ0v) is 52.2. The van der Waals surface area contributed by atoms with Crippen LogP contribution >= 0.6 is 36.1 Å². The van der Waals surface area contributed by atoms with Crippen LogP contribution in [0.1, 0.15) is 5.69 Å². The molecule has 0 aliphatic heterocycles. The summed E-state index contributed by atoms with van der Waals surface area (Å²) < 4.78 is 12.7. The van der Waals surface area contributed by atoms with Crippen LogP contribution in [0.4, 0.5) is 0 Å². The minimum atomic E-state index is 0.408. The third-order valence-corrected chi connectivity index (χ3v) is 12.3. The second-order valence-electron chi connectivity index (χ2n) is 17.0. The average Bonchev–Trinajstić information content (AvgIpc) is 2.49.